The molecule has 0 spiro atoms. The summed E-state index contributed by atoms with van der Waals surface area (Å²) in [6, 6.07) is 13.1. The zero-order valence-corrected chi connectivity index (χ0v) is 14.1. The molecule has 1 atom stereocenters. The second-order valence-corrected chi connectivity index (χ2v) is 5.97. The van der Waals surface area contributed by atoms with Gasteiger partial charge in [0.15, 0.2) is 0 Å². The van der Waals surface area contributed by atoms with E-state index in [1.807, 2.05) is 43.3 Å². The fourth-order valence-electron chi connectivity index (χ4n) is 2.77. The monoisotopic (exact) mass is 339 g/mol. The maximum atomic E-state index is 12.2. The van der Waals surface area contributed by atoms with Gasteiger partial charge in [-0.3, -0.25) is 9.59 Å². The Labute approximate surface area is 146 Å². The summed E-state index contributed by atoms with van der Waals surface area (Å²) in [6.07, 6.45) is 1.97. The predicted molar refractivity (Wildman–Crippen MR) is 93.0 cm³/mol. The molecule has 6 nitrogen and oxygen atoms in total. The summed E-state index contributed by atoms with van der Waals surface area (Å²) in [4.78, 5) is 29.9. The van der Waals surface area contributed by atoms with Crippen molar-refractivity contribution in [3.8, 4) is 11.6 Å². The van der Waals surface area contributed by atoms with Crippen LogP contribution in [0.25, 0.3) is 0 Å². The quantitative estimate of drug-likeness (QED) is 0.877. The van der Waals surface area contributed by atoms with Gasteiger partial charge in [-0.05, 0) is 24.6 Å². The van der Waals surface area contributed by atoms with Crippen molar-refractivity contribution in [3.63, 3.8) is 0 Å². The van der Waals surface area contributed by atoms with Crippen LogP contribution in [0, 0.1) is 5.92 Å². The highest BCUT2D eigenvalue weighted by Gasteiger charge is 2.33. The lowest BCUT2D eigenvalue weighted by molar-refractivity contribution is -0.128. The summed E-state index contributed by atoms with van der Waals surface area (Å²) in [5.41, 5.74) is 0.880. The van der Waals surface area contributed by atoms with Gasteiger partial charge >= 0.3 is 0 Å². The molecule has 1 fully saturated rings. The molecule has 1 aromatic carbocycles. The molecule has 0 bridgehead atoms. The minimum Gasteiger partial charge on any atom is -0.439 e. The molecule has 1 aromatic heterocycles. The Bertz CT molecular complexity index is 731. The molecule has 0 saturated carbocycles. The minimum absolute atomic E-state index is 0.0479. The van der Waals surface area contributed by atoms with Gasteiger partial charge in [0.2, 0.25) is 17.7 Å². The number of nitrogens with one attached hydrogen (secondary N) is 1. The minimum atomic E-state index is -0.263. The van der Waals surface area contributed by atoms with Gasteiger partial charge in [0.05, 0.1) is 5.92 Å². The highest BCUT2D eigenvalue weighted by atomic mass is 16.5. The fraction of sp³-hybridized carbons (Fsp3) is 0.316. The van der Waals surface area contributed by atoms with Gasteiger partial charge in [0.1, 0.15) is 5.75 Å². The summed E-state index contributed by atoms with van der Waals surface area (Å²) < 4.78 is 5.63. The van der Waals surface area contributed by atoms with Crippen LogP contribution in [0.2, 0.25) is 0 Å². The van der Waals surface area contributed by atoms with E-state index in [9.17, 15) is 9.59 Å². The molecule has 130 valence electrons. The third kappa shape index (κ3) is 4.35. The summed E-state index contributed by atoms with van der Waals surface area (Å²) in [7, 11) is 0. The van der Waals surface area contributed by atoms with Crippen molar-refractivity contribution in [1.82, 2.24) is 15.2 Å². The maximum absolute atomic E-state index is 12.2. The van der Waals surface area contributed by atoms with E-state index in [4.69, 9.17) is 4.74 Å². The van der Waals surface area contributed by atoms with Crippen LogP contribution < -0.4 is 10.1 Å². The van der Waals surface area contributed by atoms with E-state index >= 15 is 0 Å². The second kappa shape index (κ2) is 7.79. The van der Waals surface area contributed by atoms with Crippen LogP contribution in [0.1, 0.15) is 18.9 Å². The van der Waals surface area contributed by atoms with Crippen molar-refractivity contribution < 1.29 is 14.3 Å². The normalized spacial score (nSPS) is 16.8. The molecule has 1 aliphatic heterocycles. The molecule has 0 aliphatic carbocycles. The van der Waals surface area contributed by atoms with E-state index in [0.29, 0.717) is 31.9 Å². The second-order valence-electron chi connectivity index (χ2n) is 5.97. The van der Waals surface area contributed by atoms with Crippen LogP contribution in [-0.2, 0) is 16.1 Å². The molecule has 25 heavy (non-hydrogen) atoms. The number of para-hydroxylation sites is 1. The van der Waals surface area contributed by atoms with Gasteiger partial charge in [-0.15, -0.1) is 0 Å². The summed E-state index contributed by atoms with van der Waals surface area (Å²) in [5.74, 6) is 0.922. The Morgan fingerprint density at radius 2 is 2.08 bits per heavy atom. The molecule has 3 rings (SSSR count). The molecule has 0 unspecified atom stereocenters. The lowest BCUT2D eigenvalue weighted by Crippen LogP contribution is -2.32. The zero-order chi connectivity index (χ0) is 17.6. The van der Waals surface area contributed by atoms with Gasteiger partial charge in [-0.25, -0.2) is 4.98 Å². The molecule has 1 saturated heterocycles. The standard InChI is InChI=1S/C19H21N3O3/c1-2-22-13-15(10-18(22)23)19(24)21-12-14-8-9-17(20-11-14)25-16-6-4-3-5-7-16/h3-9,11,15H,2,10,12-13H2,1H3,(H,21,24)/t15-/m0/s1. The third-order valence-corrected chi connectivity index (χ3v) is 4.20. The molecule has 2 heterocycles. The van der Waals surface area contributed by atoms with Crippen molar-refractivity contribution in [1.29, 1.82) is 0 Å². The number of ether oxygens (including phenoxy) is 1. The Kier molecular flexibility index (Phi) is 5.28. The number of carbonyl (C=O) groups excluding carboxylic acids is 2. The average Bonchev–Trinajstić information content (AvgIpc) is 3.03. The number of nitrogens with zero attached hydrogens (tertiary/aromatic N) is 2. The number of amides is 2. The first-order chi connectivity index (χ1) is 12.2. The van der Waals surface area contributed by atoms with Crippen molar-refractivity contribution in [3.05, 3.63) is 54.2 Å². The molecule has 2 amide bonds. The van der Waals surface area contributed by atoms with E-state index in [0.717, 1.165) is 11.3 Å². The summed E-state index contributed by atoms with van der Waals surface area (Å²) in [5, 5.41) is 2.88. The van der Waals surface area contributed by atoms with Crippen LogP contribution in [0.4, 0.5) is 0 Å². The molecule has 2 aromatic rings. The van der Waals surface area contributed by atoms with Crippen LogP contribution >= 0.6 is 0 Å². The lowest BCUT2D eigenvalue weighted by Gasteiger charge is -2.13. The Hall–Kier alpha value is -2.89. The van der Waals surface area contributed by atoms with E-state index in [2.05, 4.69) is 10.3 Å². The Balaban J connectivity index is 1.50. The van der Waals surface area contributed by atoms with Crippen molar-refractivity contribution >= 4 is 11.8 Å². The van der Waals surface area contributed by atoms with E-state index < -0.39 is 0 Å². The van der Waals surface area contributed by atoms with Crippen LogP contribution in [0.3, 0.4) is 0 Å². The number of pyridine rings is 1. The predicted octanol–water partition coefficient (Wildman–Crippen LogP) is 2.36. The molecule has 1 N–H and O–H groups in total. The molecule has 0 radical (unpaired) electrons. The van der Waals surface area contributed by atoms with Gasteiger partial charge in [0, 0.05) is 38.3 Å². The Morgan fingerprint density at radius 1 is 1.28 bits per heavy atom. The molecule has 1 aliphatic rings. The van der Waals surface area contributed by atoms with E-state index in [-0.39, 0.29) is 17.7 Å². The molecular formula is C19H21N3O3. The van der Waals surface area contributed by atoms with Gasteiger partial charge < -0.3 is 15.0 Å². The van der Waals surface area contributed by atoms with Gasteiger partial charge in [0.25, 0.3) is 0 Å². The van der Waals surface area contributed by atoms with Crippen LogP contribution in [-0.4, -0.2) is 34.8 Å². The van der Waals surface area contributed by atoms with Gasteiger partial charge in [-0.2, -0.15) is 0 Å². The van der Waals surface area contributed by atoms with Crippen molar-refractivity contribution in [2.45, 2.75) is 19.9 Å². The van der Waals surface area contributed by atoms with Crippen molar-refractivity contribution in [2.24, 2.45) is 5.92 Å². The van der Waals surface area contributed by atoms with Gasteiger partial charge in [-0.1, -0.05) is 24.3 Å². The number of aromatic nitrogens is 1. The Morgan fingerprint density at radius 3 is 2.72 bits per heavy atom. The first-order valence-electron chi connectivity index (χ1n) is 8.39. The molecular weight excluding hydrogens is 318 g/mol. The van der Waals surface area contributed by atoms with E-state index in [1.165, 1.54) is 0 Å². The highest BCUT2D eigenvalue weighted by Crippen LogP contribution is 2.19. The number of rotatable bonds is 6. The fourth-order valence-corrected chi connectivity index (χ4v) is 2.77. The zero-order valence-electron chi connectivity index (χ0n) is 14.1. The average molecular weight is 339 g/mol. The SMILES string of the molecule is CCN1C[C@@H](C(=O)NCc2ccc(Oc3ccccc3)nc2)CC1=O. The summed E-state index contributed by atoms with van der Waals surface area (Å²) >= 11 is 0. The maximum Gasteiger partial charge on any atom is 0.225 e. The number of benzene rings is 1. The first-order valence-corrected chi connectivity index (χ1v) is 8.39. The van der Waals surface area contributed by atoms with Crippen LogP contribution in [0.5, 0.6) is 11.6 Å². The number of hydrogen-bond donors (Lipinski definition) is 1. The highest BCUT2D eigenvalue weighted by molar-refractivity contribution is 5.89. The lowest BCUT2D eigenvalue weighted by atomic mass is 10.1. The van der Waals surface area contributed by atoms with Crippen molar-refractivity contribution in [2.75, 3.05) is 13.1 Å². The molecule has 6 heteroatoms. The van der Waals surface area contributed by atoms with Crippen LogP contribution in [0.15, 0.2) is 48.7 Å². The number of likely N-dealkylation sites (tertiary alicyclic amines) is 1. The largest absolute Gasteiger partial charge is 0.439 e. The number of carbonyl (C=O) groups is 2. The first kappa shape index (κ1) is 17.0. The third-order valence-electron chi connectivity index (χ3n) is 4.20. The smallest absolute Gasteiger partial charge is 0.225 e. The van der Waals surface area contributed by atoms with E-state index in [1.54, 1.807) is 17.2 Å². The summed E-state index contributed by atoms with van der Waals surface area (Å²) in [6.45, 7) is 3.45. The topological polar surface area (TPSA) is 71.5 Å². The number of hydrogen-bond acceptors (Lipinski definition) is 4.